The molecule has 7 nitrogen and oxygen atoms in total. The zero-order chi connectivity index (χ0) is 20.9. The van der Waals surface area contributed by atoms with E-state index in [-0.39, 0.29) is 11.4 Å². The zero-order valence-electron chi connectivity index (χ0n) is 16.5. The number of nitrogens with zero attached hydrogens (tertiary/aromatic N) is 2. The largest absolute Gasteiger partial charge is 0.453 e. The summed E-state index contributed by atoms with van der Waals surface area (Å²) in [5, 5.41) is 13.6. The molecule has 1 aliphatic heterocycles. The number of furan rings is 1. The number of piperidine rings is 1. The summed E-state index contributed by atoms with van der Waals surface area (Å²) >= 11 is 0. The van der Waals surface area contributed by atoms with Gasteiger partial charge in [-0.05, 0) is 55.0 Å². The van der Waals surface area contributed by atoms with E-state index < -0.39 is 10.8 Å². The molecule has 0 atom stereocenters. The van der Waals surface area contributed by atoms with Crippen molar-refractivity contribution in [2.75, 3.05) is 23.3 Å². The van der Waals surface area contributed by atoms with Crippen LogP contribution >= 0.6 is 0 Å². The van der Waals surface area contributed by atoms with Crippen LogP contribution in [-0.4, -0.2) is 23.9 Å². The van der Waals surface area contributed by atoms with Gasteiger partial charge in [-0.15, -0.1) is 0 Å². The van der Waals surface area contributed by atoms with Gasteiger partial charge >= 0.3 is 5.69 Å². The van der Waals surface area contributed by atoms with Crippen LogP contribution in [-0.2, 0) is 6.42 Å². The number of nitrogens with one attached hydrogen (secondary N) is 1. The van der Waals surface area contributed by atoms with Gasteiger partial charge in [0.25, 0.3) is 11.7 Å². The van der Waals surface area contributed by atoms with Crippen LogP contribution in [0.4, 0.5) is 17.1 Å². The van der Waals surface area contributed by atoms with Crippen LogP contribution in [0.3, 0.4) is 0 Å². The Bertz CT molecular complexity index is 1010. The quantitative estimate of drug-likeness (QED) is 0.465. The number of amides is 1. The normalized spacial score (nSPS) is 14.5. The topological polar surface area (TPSA) is 88.6 Å². The van der Waals surface area contributed by atoms with E-state index in [4.69, 9.17) is 4.42 Å². The van der Waals surface area contributed by atoms with Crippen LogP contribution in [0.2, 0.25) is 0 Å². The van der Waals surface area contributed by atoms with Crippen LogP contribution in [0.15, 0.2) is 71.3 Å². The monoisotopic (exact) mass is 405 g/mol. The van der Waals surface area contributed by atoms with Crippen molar-refractivity contribution in [3.8, 4) is 0 Å². The van der Waals surface area contributed by atoms with E-state index >= 15 is 0 Å². The highest BCUT2D eigenvalue weighted by molar-refractivity contribution is 6.04. The minimum Gasteiger partial charge on any atom is -0.453 e. The second kappa shape index (κ2) is 8.82. The Morgan fingerprint density at radius 3 is 2.43 bits per heavy atom. The molecule has 1 saturated heterocycles. The highest BCUT2D eigenvalue weighted by atomic mass is 16.6. The minimum atomic E-state index is -0.638. The molecule has 0 bridgehead atoms. The molecular formula is C23H23N3O4. The highest BCUT2D eigenvalue weighted by Crippen LogP contribution is 2.27. The number of benzene rings is 2. The maximum atomic E-state index is 12.3. The van der Waals surface area contributed by atoms with E-state index in [0.717, 1.165) is 44.3 Å². The Balaban J connectivity index is 1.32. The average Bonchev–Trinajstić information content (AvgIpc) is 3.26. The lowest BCUT2D eigenvalue weighted by atomic mass is 9.90. The SMILES string of the molecule is O=C(Nc1ccc(N2CCC(Cc3ccccc3)CC2)cc1)c1occc1[N+](=O)[O-]. The third-order valence-corrected chi connectivity index (χ3v) is 5.52. The van der Waals surface area contributed by atoms with Gasteiger partial charge in [0.05, 0.1) is 17.3 Å². The van der Waals surface area contributed by atoms with Gasteiger partial charge in [0.15, 0.2) is 0 Å². The second-order valence-corrected chi connectivity index (χ2v) is 7.51. The molecule has 1 aromatic heterocycles. The van der Waals surface area contributed by atoms with E-state index in [0.29, 0.717) is 11.6 Å². The zero-order valence-corrected chi connectivity index (χ0v) is 16.5. The fourth-order valence-corrected chi connectivity index (χ4v) is 3.90. The van der Waals surface area contributed by atoms with Crippen LogP contribution in [0, 0.1) is 16.0 Å². The van der Waals surface area contributed by atoms with Crippen molar-refractivity contribution >= 4 is 23.0 Å². The van der Waals surface area contributed by atoms with E-state index in [9.17, 15) is 14.9 Å². The molecule has 0 saturated carbocycles. The summed E-state index contributed by atoms with van der Waals surface area (Å²) < 4.78 is 4.97. The van der Waals surface area contributed by atoms with Crippen LogP contribution in [0.1, 0.15) is 29.0 Å². The molecule has 0 radical (unpaired) electrons. The summed E-state index contributed by atoms with van der Waals surface area (Å²) in [5.74, 6) is -0.239. The standard InChI is InChI=1S/C23H23N3O4/c27-23(22-21(26(28)29)12-15-30-22)24-19-6-8-20(9-7-19)25-13-10-18(11-14-25)16-17-4-2-1-3-5-17/h1-9,12,15,18H,10-11,13-14,16H2,(H,24,27). The Morgan fingerprint density at radius 1 is 1.07 bits per heavy atom. The maximum Gasteiger partial charge on any atom is 0.320 e. The summed E-state index contributed by atoms with van der Waals surface area (Å²) in [7, 11) is 0. The smallest absolute Gasteiger partial charge is 0.320 e. The van der Waals surface area contributed by atoms with Gasteiger partial charge in [0, 0.05) is 24.5 Å². The van der Waals surface area contributed by atoms with Crippen molar-refractivity contribution in [1.82, 2.24) is 0 Å². The molecule has 0 aliphatic carbocycles. The number of carbonyl (C=O) groups excluding carboxylic acids is 1. The summed E-state index contributed by atoms with van der Waals surface area (Å²) in [6.45, 7) is 2.00. The van der Waals surface area contributed by atoms with Gasteiger partial charge in [-0.2, -0.15) is 0 Å². The fourth-order valence-electron chi connectivity index (χ4n) is 3.90. The summed E-state index contributed by atoms with van der Waals surface area (Å²) in [5.41, 5.74) is 2.72. The van der Waals surface area contributed by atoms with Gasteiger partial charge in [0.1, 0.15) is 0 Å². The molecule has 7 heteroatoms. The highest BCUT2D eigenvalue weighted by Gasteiger charge is 2.24. The lowest BCUT2D eigenvalue weighted by molar-refractivity contribution is -0.385. The molecule has 2 aromatic carbocycles. The van der Waals surface area contributed by atoms with Crippen LogP contribution < -0.4 is 10.2 Å². The predicted molar refractivity (Wildman–Crippen MR) is 115 cm³/mol. The third kappa shape index (κ3) is 4.51. The Labute approximate surface area is 174 Å². The first-order valence-electron chi connectivity index (χ1n) is 10.0. The van der Waals surface area contributed by atoms with Crippen molar-refractivity contribution < 1.29 is 14.1 Å². The fraction of sp³-hybridized carbons (Fsp3) is 0.261. The Morgan fingerprint density at radius 2 is 1.77 bits per heavy atom. The number of hydrogen-bond donors (Lipinski definition) is 1. The molecule has 1 N–H and O–H groups in total. The molecule has 1 fully saturated rings. The number of hydrogen-bond acceptors (Lipinski definition) is 5. The molecule has 4 rings (SSSR count). The molecule has 0 spiro atoms. The summed E-state index contributed by atoms with van der Waals surface area (Å²) in [6, 6.07) is 19.3. The van der Waals surface area contributed by atoms with Gasteiger partial charge < -0.3 is 14.6 Å². The molecule has 0 unspecified atom stereocenters. The van der Waals surface area contributed by atoms with Crippen LogP contribution in [0.25, 0.3) is 0 Å². The maximum absolute atomic E-state index is 12.3. The molecule has 154 valence electrons. The van der Waals surface area contributed by atoms with Gasteiger partial charge in [-0.3, -0.25) is 14.9 Å². The first-order chi connectivity index (χ1) is 14.6. The Kier molecular flexibility index (Phi) is 5.79. The van der Waals surface area contributed by atoms with Crippen molar-refractivity contribution in [2.24, 2.45) is 5.92 Å². The minimum absolute atomic E-state index is 0.301. The molecule has 30 heavy (non-hydrogen) atoms. The van der Waals surface area contributed by atoms with E-state index in [1.54, 1.807) is 12.1 Å². The van der Waals surface area contributed by atoms with Gasteiger partial charge in [-0.1, -0.05) is 30.3 Å². The average molecular weight is 405 g/mol. The number of rotatable bonds is 6. The number of anilines is 2. The number of nitro groups is 1. The third-order valence-electron chi connectivity index (χ3n) is 5.52. The predicted octanol–water partition coefficient (Wildman–Crippen LogP) is 4.90. The second-order valence-electron chi connectivity index (χ2n) is 7.51. The first kappa shape index (κ1) is 19.7. The molecule has 1 amide bonds. The lowest BCUT2D eigenvalue weighted by Crippen LogP contribution is -2.34. The van der Waals surface area contributed by atoms with E-state index in [1.165, 1.54) is 11.6 Å². The first-order valence-corrected chi connectivity index (χ1v) is 10.0. The van der Waals surface area contributed by atoms with Crippen molar-refractivity contribution in [3.05, 3.63) is 88.4 Å². The van der Waals surface area contributed by atoms with E-state index in [1.807, 2.05) is 18.2 Å². The molecule has 2 heterocycles. The Hall–Kier alpha value is -3.61. The lowest BCUT2D eigenvalue weighted by Gasteiger charge is -2.33. The van der Waals surface area contributed by atoms with Crippen molar-refractivity contribution in [3.63, 3.8) is 0 Å². The molecule has 3 aromatic rings. The van der Waals surface area contributed by atoms with E-state index in [2.05, 4.69) is 34.5 Å². The summed E-state index contributed by atoms with van der Waals surface area (Å²) in [6.07, 6.45) is 4.56. The van der Waals surface area contributed by atoms with Crippen LogP contribution in [0.5, 0.6) is 0 Å². The molecular weight excluding hydrogens is 382 g/mol. The van der Waals surface area contributed by atoms with Gasteiger partial charge in [0.2, 0.25) is 0 Å². The number of carbonyl (C=O) groups is 1. The summed E-state index contributed by atoms with van der Waals surface area (Å²) in [4.78, 5) is 24.9. The van der Waals surface area contributed by atoms with Gasteiger partial charge in [-0.25, -0.2) is 0 Å². The molecule has 1 aliphatic rings. The van der Waals surface area contributed by atoms with Crippen molar-refractivity contribution in [1.29, 1.82) is 0 Å². The van der Waals surface area contributed by atoms with Crippen molar-refractivity contribution in [2.45, 2.75) is 19.3 Å².